The summed E-state index contributed by atoms with van der Waals surface area (Å²) < 4.78 is 33.8. The van der Waals surface area contributed by atoms with E-state index < -0.39 is 11.9 Å². The predicted molar refractivity (Wildman–Crippen MR) is 70.8 cm³/mol. The highest BCUT2D eigenvalue weighted by atomic mass is 19.3. The van der Waals surface area contributed by atoms with Crippen LogP contribution in [0, 0.1) is 0 Å². The molecule has 0 aromatic heterocycles. The van der Waals surface area contributed by atoms with E-state index in [1.165, 1.54) is 24.3 Å². The van der Waals surface area contributed by atoms with Crippen molar-refractivity contribution >= 4 is 5.97 Å². The maximum Gasteiger partial charge on any atom is 0.338 e. The van der Waals surface area contributed by atoms with Gasteiger partial charge in [0.05, 0.1) is 12.2 Å². The van der Waals surface area contributed by atoms with E-state index in [0.717, 1.165) is 0 Å². The third-order valence-electron chi connectivity index (χ3n) is 3.43. The molecule has 2 aromatic carbocycles. The van der Waals surface area contributed by atoms with Crippen molar-refractivity contribution in [3.05, 3.63) is 59.2 Å². The molecule has 4 heteroatoms. The second kappa shape index (κ2) is 4.40. The fourth-order valence-corrected chi connectivity index (χ4v) is 2.60. The van der Waals surface area contributed by atoms with Crippen molar-refractivity contribution < 1.29 is 18.3 Å². The van der Waals surface area contributed by atoms with Gasteiger partial charge in [-0.1, -0.05) is 36.4 Å². The first-order valence-electron chi connectivity index (χ1n) is 6.35. The molecule has 0 aliphatic heterocycles. The third kappa shape index (κ3) is 1.64. The number of esters is 1. The van der Waals surface area contributed by atoms with Gasteiger partial charge < -0.3 is 4.74 Å². The van der Waals surface area contributed by atoms with Crippen LogP contribution < -0.4 is 0 Å². The predicted octanol–water partition coefficient (Wildman–Crippen LogP) is 3.98. The number of alkyl halides is 2. The molecule has 0 amide bonds. The van der Waals surface area contributed by atoms with Crippen molar-refractivity contribution in [3.8, 4) is 11.1 Å². The quantitative estimate of drug-likeness (QED) is 0.774. The van der Waals surface area contributed by atoms with E-state index in [1.807, 2.05) is 0 Å². The molecule has 0 spiro atoms. The third-order valence-corrected chi connectivity index (χ3v) is 3.43. The van der Waals surface area contributed by atoms with Gasteiger partial charge in [-0.25, -0.2) is 4.79 Å². The number of hydrogen-bond donors (Lipinski definition) is 0. The number of halogens is 2. The number of carbonyl (C=O) groups is 1. The fraction of sp³-hybridized carbons (Fsp3) is 0.188. The van der Waals surface area contributed by atoms with Crippen LogP contribution in [0.25, 0.3) is 11.1 Å². The summed E-state index contributed by atoms with van der Waals surface area (Å²) in [4.78, 5) is 12.0. The van der Waals surface area contributed by atoms with Crippen molar-refractivity contribution in [1.29, 1.82) is 0 Å². The summed E-state index contributed by atoms with van der Waals surface area (Å²) in [5.41, 5.74) is 0.674. The Balaban J connectivity index is 2.29. The zero-order valence-electron chi connectivity index (χ0n) is 10.8. The highest BCUT2D eigenvalue weighted by Crippen LogP contribution is 2.51. The van der Waals surface area contributed by atoms with Crippen LogP contribution in [0.3, 0.4) is 0 Å². The molecule has 0 saturated carbocycles. The van der Waals surface area contributed by atoms with Gasteiger partial charge in [0.25, 0.3) is 5.92 Å². The van der Waals surface area contributed by atoms with E-state index >= 15 is 0 Å². The number of rotatable bonds is 2. The van der Waals surface area contributed by atoms with Crippen LogP contribution in [-0.4, -0.2) is 12.6 Å². The first-order valence-corrected chi connectivity index (χ1v) is 6.35. The van der Waals surface area contributed by atoms with Gasteiger partial charge in [-0.05, 0) is 18.6 Å². The molecule has 0 radical (unpaired) electrons. The van der Waals surface area contributed by atoms with Gasteiger partial charge in [0, 0.05) is 16.7 Å². The van der Waals surface area contributed by atoms with Crippen molar-refractivity contribution in [1.82, 2.24) is 0 Å². The Bertz CT molecular complexity index is 693. The Kier molecular flexibility index (Phi) is 2.82. The van der Waals surface area contributed by atoms with Crippen LogP contribution >= 0.6 is 0 Å². The fourth-order valence-electron chi connectivity index (χ4n) is 2.60. The van der Waals surface area contributed by atoms with Crippen LogP contribution in [0.5, 0.6) is 0 Å². The van der Waals surface area contributed by atoms with E-state index in [4.69, 9.17) is 4.74 Å². The first-order chi connectivity index (χ1) is 9.57. The highest BCUT2D eigenvalue weighted by Gasteiger charge is 2.45. The maximum atomic E-state index is 14.4. The topological polar surface area (TPSA) is 26.3 Å². The van der Waals surface area contributed by atoms with E-state index in [0.29, 0.717) is 5.56 Å². The molecular weight excluding hydrogens is 262 g/mol. The van der Waals surface area contributed by atoms with Crippen molar-refractivity contribution in [2.75, 3.05) is 6.61 Å². The van der Waals surface area contributed by atoms with Gasteiger partial charge >= 0.3 is 5.97 Å². The number of ether oxygens (including phenoxy) is 1. The van der Waals surface area contributed by atoms with Crippen molar-refractivity contribution in [2.24, 2.45) is 0 Å². The molecule has 0 heterocycles. The van der Waals surface area contributed by atoms with Crippen LogP contribution in [0.4, 0.5) is 8.78 Å². The number of carbonyl (C=O) groups excluding carboxylic acids is 1. The average Bonchev–Trinajstić information content (AvgIpc) is 2.69. The van der Waals surface area contributed by atoms with E-state index in [-0.39, 0.29) is 28.9 Å². The molecule has 102 valence electrons. The zero-order chi connectivity index (χ0) is 14.3. The van der Waals surface area contributed by atoms with E-state index in [1.54, 1.807) is 25.1 Å². The number of hydrogen-bond acceptors (Lipinski definition) is 2. The molecule has 2 aromatic rings. The minimum absolute atomic E-state index is 0.0632. The van der Waals surface area contributed by atoms with Crippen molar-refractivity contribution in [3.63, 3.8) is 0 Å². The molecule has 0 bridgehead atoms. The second-order valence-electron chi connectivity index (χ2n) is 4.57. The van der Waals surface area contributed by atoms with E-state index in [2.05, 4.69) is 0 Å². The van der Waals surface area contributed by atoms with Gasteiger partial charge in [0.2, 0.25) is 0 Å². The molecule has 0 saturated heterocycles. The summed E-state index contributed by atoms with van der Waals surface area (Å²) in [5.74, 6) is -3.65. The Hall–Kier alpha value is -2.23. The summed E-state index contributed by atoms with van der Waals surface area (Å²) in [6, 6.07) is 10.6. The second-order valence-corrected chi connectivity index (χ2v) is 4.57. The van der Waals surface area contributed by atoms with Gasteiger partial charge in [0.15, 0.2) is 0 Å². The Labute approximate surface area is 115 Å². The van der Waals surface area contributed by atoms with Crippen molar-refractivity contribution in [2.45, 2.75) is 12.8 Å². The lowest BCUT2D eigenvalue weighted by Gasteiger charge is -2.12. The molecule has 0 unspecified atom stereocenters. The summed E-state index contributed by atoms with van der Waals surface area (Å²) in [5, 5.41) is 0. The first kappa shape index (κ1) is 12.8. The van der Waals surface area contributed by atoms with Crippen LogP contribution in [-0.2, 0) is 10.7 Å². The SMILES string of the molecule is CCOC(=O)c1cccc2c1-c1ccccc1C2(F)F. The highest BCUT2D eigenvalue weighted by molar-refractivity contribution is 6.00. The van der Waals surface area contributed by atoms with E-state index in [9.17, 15) is 13.6 Å². The molecule has 0 fully saturated rings. The minimum Gasteiger partial charge on any atom is -0.462 e. The minimum atomic E-state index is -3.07. The lowest BCUT2D eigenvalue weighted by molar-refractivity contribution is 0.0477. The van der Waals surface area contributed by atoms with Crippen LogP contribution in [0.15, 0.2) is 42.5 Å². The summed E-state index contributed by atoms with van der Waals surface area (Å²) in [6.45, 7) is 1.89. The van der Waals surface area contributed by atoms with Gasteiger partial charge in [0.1, 0.15) is 0 Å². The lowest BCUT2D eigenvalue weighted by atomic mass is 9.99. The molecule has 3 rings (SSSR count). The average molecular weight is 274 g/mol. The molecule has 2 nitrogen and oxygen atoms in total. The Morgan fingerprint density at radius 1 is 1.10 bits per heavy atom. The lowest BCUT2D eigenvalue weighted by Crippen LogP contribution is -2.12. The van der Waals surface area contributed by atoms with Gasteiger partial charge in [-0.2, -0.15) is 8.78 Å². The zero-order valence-corrected chi connectivity index (χ0v) is 10.8. The summed E-state index contributed by atoms with van der Waals surface area (Å²) in [6.07, 6.45) is 0. The summed E-state index contributed by atoms with van der Waals surface area (Å²) >= 11 is 0. The Morgan fingerprint density at radius 3 is 2.55 bits per heavy atom. The molecule has 0 N–H and O–H groups in total. The van der Waals surface area contributed by atoms with Gasteiger partial charge in [-0.15, -0.1) is 0 Å². The number of fused-ring (bicyclic) bond motifs is 3. The van der Waals surface area contributed by atoms with Gasteiger partial charge in [-0.3, -0.25) is 0 Å². The Morgan fingerprint density at radius 2 is 1.80 bits per heavy atom. The maximum absolute atomic E-state index is 14.4. The molecular formula is C16H12F2O2. The largest absolute Gasteiger partial charge is 0.462 e. The molecule has 20 heavy (non-hydrogen) atoms. The smallest absolute Gasteiger partial charge is 0.338 e. The molecule has 1 aliphatic carbocycles. The number of benzene rings is 2. The monoisotopic (exact) mass is 274 g/mol. The molecule has 1 aliphatic rings. The summed E-state index contributed by atoms with van der Waals surface area (Å²) in [7, 11) is 0. The van der Waals surface area contributed by atoms with Crippen LogP contribution in [0.1, 0.15) is 28.4 Å². The van der Waals surface area contributed by atoms with Crippen LogP contribution in [0.2, 0.25) is 0 Å². The molecule has 0 atom stereocenters. The normalized spacial score (nSPS) is 14.6. The standard InChI is InChI=1S/C16H12F2O2/c1-2-20-15(19)11-7-5-9-13-14(11)10-6-3-4-8-12(10)16(13,17)18/h3-9H,2H2,1H3.